The highest BCUT2D eigenvalue weighted by atomic mass is 19.4. The molecule has 1 aromatic heterocycles. The van der Waals surface area contributed by atoms with E-state index in [1.807, 2.05) is 0 Å². The molecule has 2 heterocycles. The summed E-state index contributed by atoms with van der Waals surface area (Å²) in [6.07, 6.45) is -7.64. The summed E-state index contributed by atoms with van der Waals surface area (Å²) in [5, 5.41) is 2.51. The summed E-state index contributed by atoms with van der Waals surface area (Å²) in [4.78, 5) is 41.3. The van der Waals surface area contributed by atoms with E-state index in [2.05, 4.69) is 15.3 Å². The monoisotopic (exact) mass is 421 g/mol. The maximum absolute atomic E-state index is 12.9. The molecule has 0 radical (unpaired) electrons. The standard InChI is InChI=1S/C16H18F3N3O7/c1-7(23)27-10-6-26-14(29-9(3)25)12(13(10)28-8(2)24)22-15-20-5-4-11(21-15)16(17,18)19/h4-5,10,12-14H,6H2,1-3H3,(H,20,21,22)/t10-,12+,13-,14+/m0/s1. The van der Waals surface area contributed by atoms with Gasteiger partial charge in [0.15, 0.2) is 12.2 Å². The molecular weight excluding hydrogens is 403 g/mol. The van der Waals surface area contributed by atoms with Crippen LogP contribution in [0.1, 0.15) is 26.5 Å². The van der Waals surface area contributed by atoms with Crippen molar-refractivity contribution >= 4 is 23.9 Å². The molecule has 29 heavy (non-hydrogen) atoms. The van der Waals surface area contributed by atoms with Gasteiger partial charge in [0.2, 0.25) is 12.2 Å². The minimum absolute atomic E-state index is 0.295. The van der Waals surface area contributed by atoms with Crippen LogP contribution in [0, 0.1) is 0 Å². The second-order valence-corrected chi connectivity index (χ2v) is 5.97. The van der Waals surface area contributed by atoms with E-state index < -0.39 is 60.3 Å². The molecule has 0 spiro atoms. The summed E-state index contributed by atoms with van der Waals surface area (Å²) < 4.78 is 59.3. The van der Waals surface area contributed by atoms with Crippen LogP contribution in [0.3, 0.4) is 0 Å². The SMILES string of the molecule is CC(=O)O[C@H]1OC[C@H](OC(C)=O)[C@H](OC(C)=O)[C@H]1Nc1nccc(C(F)(F)F)n1. The van der Waals surface area contributed by atoms with Crippen LogP contribution in [0.15, 0.2) is 12.3 Å². The number of carbonyl (C=O) groups excluding carboxylic acids is 3. The van der Waals surface area contributed by atoms with Crippen LogP contribution in [0.2, 0.25) is 0 Å². The first-order chi connectivity index (χ1) is 13.5. The van der Waals surface area contributed by atoms with E-state index in [0.717, 1.165) is 27.0 Å². The van der Waals surface area contributed by atoms with Crippen molar-refractivity contribution in [2.75, 3.05) is 11.9 Å². The summed E-state index contributed by atoms with van der Waals surface area (Å²) in [5.41, 5.74) is -1.23. The molecule has 160 valence electrons. The number of carbonyl (C=O) groups is 3. The van der Waals surface area contributed by atoms with Crippen molar-refractivity contribution < 1.29 is 46.5 Å². The molecule has 1 aliphatic heterocycles. The van der Waals surface area contributed by atoms with Gasteiger partial charge in [0.25, 0.3) is 0 Å². The fourth-order valence-electron chi connectivity index (χ4n) is 2.59. The predicted octanol–water partition coefficient (Wildman–Crippen LogP) is 1.06. The Morgan fingerprint density at radius 2 is 1.72 bits per heavy atom. The second-order valence-electron chi connectivity index (χ2n) is 5.97. The van der Waals surface area contributed by atoms with Gasteiger partial charge in [0, 0.05) is 27.0 Å². The zero-order valence-corrected chi connectivity index (χ0v) is 15.6. The van der Waals surface area contributed by atoms with E-state index in [1.165, 1.54) is 0 Å². The largest absolute Gasteiger partial charge is 0.456 e. The van der Waals surface area contributed by atoms with Crippen molar-refractivity contribution in [2.24, 2.45) is 0 Å². The van der Waals surface area contributed by atoms with Crippen molar-refractivity contribution in [3.05, 3.63) is 18.0 Å². The van der Waals surface area contributed by atoms with Crippen LogP contribution in [0.5, 0.6) is 0 Å². The molecule has 0 saturated carbocycles. The third kappa shape index (κ3) is 6.27. The molecule has 0 bridgehead atoms. The van der Waals surface area contributed by atoms with Crippen molar-refractivity contribution in [3.8, 4) is 0 Å². The average molecular weight is 421 g/mol. The lowest BCUT2D eigenvalue weighted by Gasteiger charge is -2.40. The molecule has 4 atom stereocenters. The van der Waals surface area contributed by atoms with E-state index in [9.17, 15) is 27.6 Å². The summed E-state index contributed by atoms with van der Waals surface area (Å²) in [6.45, 7) is 2.98. The van der Waals surface area contributed by atoms with Gasteiger partial charge in [-0.25, -0.2) is 9.97 Å². The number of halogens is 3. The molecule has 1 aliphatic rings. The highest BCUT2D eigenvalue weighted by Crippen LogP contribution is 2.29. The van der Waals surface area contributed by atoms with E-state index in [0.29, 0.717) is 6.07 Å². The van der Waals surface area contributed by atoms with Crippen LogP contribution in [0.4, 0.5) is 19.1 Å². The van der Waals surface area contributed by atoms with Crippen molar-refractivity contribution in [2.45, 2.75) is 51.5 Å². The van der Waals surface area contributed by atoms with Crippen LogP contribution in [-0.4, -0.2) is 59.0 Å². The number of anilines is 1. The molecule has 1 saturated heterocycles. The molecule has 1 fully saturated rings. The Morgan fingerprint density at radius 3 is 2.28 bits per heavy atom. The Labute approximate surface area is 162 Å². The van der Waals surface area contributed by atoms with Crippen LogP contribution in [0.25, 0.3) is 0 Å². The van der Waals surface area contributed by atoms with E-state index >= 15 is 0 Å². The Balaban J connectivity index is 2.38. The number of rotatable bonds is 5. The number of esters is 3. The molecule has 13 heteroatoms. The first-order valence-corrected chi connectivity index (χ1v) is 8.27. The summed E-state index contributed by atoms with van der Waals surface area (Å²) in [5.74, 6) is -2.74. The van der Waals surface area contributed by atoms with Crippen molar-refractivity contribution in [1.29, 1.82) is 0 Å². The molecule has 2 rings (SSSR count). The quantitative estimate of drug-likeness (QED) is 0.545. The third-order valence-electron chi connectivity index (χ3n) is 3.58. The molecule has 0 amide bonds. The molecule has 0 unspecified atom stereocenters. The molecular formula is C16H18F3N3O7. The van der Waals surface area contributed by atoms with Gasteiger partial charge in [-0.1, -0.05) is 0 Å². The van der Waals surface area contributed by atoms with Gasteiger partial charge in [-0.2, -0.15) is 13.2 Å². The van der Waals surface area contributed by atoms with E-state index in [-0.39, 0.29) is 6.61 Å². The normalized spacial score (nSPS) is 24.3. The zero-order valence-electron chi connectivity index (χ0n) is 15.6. The third-order valence-corrected chi connectivity index (χ3v) is 3.58. The van der Waals surface area contributed by atoms with Gasteiger partial charge in [0.05, 0.1) is 6.61 Å². The minimum Gasteiger partial charge on any atom is -0.456 e. The summed E-state index contributed by atoms with van der Waals surface area (Å²) >= 11 is 0. The van der Waals surface area contributed by atoms with E-state index in [1.54, 1.807) is 0 Å². The van der Waals surface area contributed by atoms with Gasteiger partial charge in [-0.15, -0.1) is 0 Å². The molecule has 0 aliphatic carbocycles. The van der Waals surface area contributed by atoms with Gasteiger partial charge < -0.3 is 24.3 Å². The molecule has 0 aromatic carbocycles. The Kier molecular flexibility index (Phi) is 6.95. The lowest BCUT2D eigenvalue weighted by molar-refractivity contribution is -0.233. The number of nitrogens with zero attached hydrogens (tertiary/aromatic N) is 2. The molecule has 10 nitrogen and oxygen atoms in total. The average Bonchev–Trinajstić information content (AvgIpc) is 2.58. The highest BCUT2D eigenvalue weighted by molar-refractivity contribution is 5.68. The molecule has 1 aromatic rings. The second kappa shape index (κ2) is 9.03. The maximum atomic E-state index is 12.9. The Morgan fingerprint density at radius 1 is 1.10 bits per heavy atom. The first-order valence-electron chi connectivity index (χ1n) is 8.27. The number of aromatic nitrogens is 2. The zero-order chi connectivity index (χ0) is 21.8. The first kappa shape index (κ1) is 22.3. The van der Waals surface area contributed by atoms with Gasteiger partial charge >= 0.3 is 24.1 Å². The minimum atomic E-state index is -4.73. The Hall–Kier alpha value is -2.96. The van der Waals surface area contributed by atoms with Crippen molar-refractivity contribution in [3.63, 3.8) is 0 Å². The van der Waals surface area contributed by atoms with Crippen LogP contribution >= 0.6 is 0 Å². The number of hydrogen-bond donors (Lipinski definition) is 1. The predicted molar refractivity (Wildman–Crippen MR) is 87.1 cm³/mol. The van der Waals surface area contributed by atoms with Gasteiger partial charge in [-0.3, -0.25) is 14.4 Å². The lowest BCUT2D eigenvalue weighted by atomic mass is 10.0. The fraction of sp³-hybridized carbons (Fsp3) is 0.562. The highest BCUT2D eigenvalue weighted by Gasteiger charge is 2.47. The Bertz CT molecular complexity index is 774. The van der Waals surface area contributed by atoms with E-state index in [4.69, 9.17) is 18.9 Å². The number of hydrogen-bond acceptors (Lipinski definition) is 10. The van der Waals surface area contributed by atoms with Crippen molar-refractivity contribution in [1.82, 2.24) is 9.97 Å². The number of alkyl halides is 3. The maximum Gasteiger partial charge on any atom is 0.433 e. The smallest absolute Gasteiger partial charge is 0.433 e. The lowest BCUT2D eigenvalue weighted by Crippen LogP contribution is -2.60. The van der Waals surface area contributed by atoms with Gasteiger partial charge in [-0.05, 0) is 6.07 Å². The van der Waals surface area contributed by atoms with Crippen LogP contribution in [-0.2, 0) is 39.5 Å². The fourth-order valence-corrected chi connectivity index (χ4v) is 2.59. The van der Waals surface area contributed by atoms with Crippen LogP contribution < -0.4 is 5.32 Å². The summed E-state index contributed by atoms with van der Waals surface area (Å²) in [6, 6.07) is -0.610. The number of ether oxygens (including phenoxy) is 4. The summed E-state index contributed by atoms with van der Waals surface area (Å²) in [7, 11) is 0. The topological polar surface area (TPSA) is 126 Å². The number of nitrogens with one attached hydrogen (secondary N) is 1. The molecule has 1 N–H and O–H groups in total. The van der Waals surface area contributed by atoms with Gasteiger partial charge in [0.1, 0.15) is 11.7 Å².